The molecule has 7 nitrogen and oxygen atoms in total. The largest absolute Gasteiger partial charge is 0.468 e. The third-order valence-corrected chi connectivity index (χ3v) is 3.17. The van der Waals surface area contributed by atoms with Gasteiger partial charge in [-0.2, -0.15) is 5.26 Å². The predicted molar refractivity (Wildman–Crippen MR) is 70.0 cm³/mol. The minimum absolute atomic E-state index is 0.00291. The summed E-state index contributed by atoms with van der Waals surface area (Å²) in [5.74, 6) is -0.128. The number of rotatable bonds is 4. The smallest absolute Gasteiger partial charge is 0.316 e. The highest BCUT2D eigenvalue weighted by molar-refractivity contribution is 7.99. The summed E-state index contributed by atoms with van der Waals surface area (Å²) in [7, 11) is 1.27. The monoisotopic (exact) mass is 291 g/mol. The van der Waals surface area contributed by atoms with Crippen molar-refractivity contribution in [1.29, 1.82) is 5.26 Å². The number of aromatic amines is 1. The first-order chi connectivity index (χ1) is 9.65. The van der Waals surface area contributed by atoms with Gasteiger partial charge in [-0.15, -0.1) is 0 Å². The van der Waals surface area contributed by atoms with Crippen LogP contribution in [0, 0.1) is 11.3 Å². The van der Waals surface area contributed by atoms with Crippen LogP contribution in [0.5, 0.6) is 0 Å². The number of furan rings is 1. The number of aromatic nitrogens is 2. The van der Waals surface area contributed by atoms with Crippen LogP contribution < -0.4 is 5.56 Å². The average molecular weight is 291 g/mol. The van der Waals surface area contributed by atoms with Gasteiger partial charge < -0.3 is 14.1 Å². The van der Waals surface area contributed by atoms with Crippen LogP contribution in [0.2, 0.25) is 0 Å². The Bertz CT molecular complexity index is 715. The number of nitrogens with one attached hydrogen (secondary N) is 1. The zero-order valence-corrected chi connectivity index (χ0v) is 11.2. The van der Waals surface area contributed by atoms with Gasteiger partial charge in [-0.25, -0.2) is 4.98 Å². The van der Waals surface area contributed by atoms with E-state index in [0.29, 0.717) is 5.76 Å². The first kappa shape index (κ1) is 13.9. The van der Waals surface area contributed by atoms with Crippen molar-refractivity contribution in [3.05, 3.63) is 34.3 Å². The van der Waals surface area contributed by atoms with Crippen molar-refractivity contribution in [2.75, 3.05) is 12.9 Å². The Kier molecular flexibility index (Phi) is 4.22. The van der Waals surface area contributed by atoms with Gasteiger partial charge in [-0.05, 0) is 12.1 Å². The summed E-state index contributed by atoms with van der Waals surface area (Å²) >= 11 is 1.01. The Morgan fingerprint density at radius 2 is 2.45 bits per heavy atom. The maximum atomic E-state index is 11.8. The van der Waals surface area contributed by atoms with Crippen molar-refractivity contribution >= 4 is 17.7 Å². The molecular formula is C12H9N3O4S. The molecule has 0 amide bonds. The van der Waals surface area contributed by atoms with Gasteiger partial charge in [0.05, 0.1) is 19.1 Å². The van der Waals surface area contributed by atoms with Crippen LogP contribution in [0.1, 0.15) is 5.56 Å². The van der Waals surface area contributed by atoms with E-state index >= 15 is 0 Å². The molecule has 0 fully saturated rings. The van der Waals surface area contributed by atoms with Gasteiger partial charge in [-0.1, -0.05) is 11.8 Å². The predicted octanol–water partition coefficient (Wildman–Crippen LogP) is 1.17. The molecule has 0 aliphatic rings. The van der Waals surface area contributed by atoms with Gasteiger partial charge in [0.1, 0.15) is 17.3 Å². The SMILES string of the molecule is COC(=O)CSc1nc(-c2ccco2)c(C#N)c(=O)[nH]1. The number of thioether (sulfide) groups is 1. The Morgan fingerprint density at radius 1 is 1.65 bits per heavy atom. The number of carbonyl (C=O) groups excluding carboxylic acids is 1. The zero-order valence-electron chi connectivity index (χ0n) is 10.4. The number of carbonyl (C=O) groups is 1. The highest BCUT2D eigenvalue weighted by atomic mass is 32.2. The molecule has 0 aliphatic heterocycles. The number of ether oxygens (including phenoxy) is 1. The van der Waals surface area contributed by atoms with Crippen LogP contribution in [-0.4, -0.2) is 28.8 Å². The van der Waals surface area contributed by atoms with Gasteiger partial charge in [0.25, 0.3) is 5.56 Å². The Morgan fingerprint density at radius 3 is 3.05 bits per heavy atom. The van der Waals surface area contributed by atoms with E-state index in [0.717, 1.165) is 11.8 Å². The summed E-state index contributed by atoms with van der Waals surface area (Å²) in [4.78, 5) is 29.5. The minimum atomic E-state index is -0.582. The second-order valence-electron chi connectivity index (χ2n) is 3.55. The van der Waals surface area contributed by atoms with E-state index in [-0.39, 0.29) is 22.2 Å². The van der Waals surface area contributed by atoms with Crippen molar-refractivity contribution in [2.45, 2.75) is 5.16 Å². The van der Waals surface area contributed by atoms with Crippen molar-refractivity contribution < 1.29 is 13.9 Å². The van der Waals surface area contributed by atoms with Gasteiger partial charge in [0.2, 0.25) is 0 Å². The molecule has 102 valence electrons. The highest BCUT2D eigenvalue weighted by Crippen LogP contribution is 2.22. The lowest BCUT2D eigenvalue weighted by Gasteiger charge is -2.03. The molecule has 2 heterocycles. The van der Waals surface area contributed by atoms with Crippen molar-refractivity contribution in [3.8, 4) is 17.5 Å². The van der Waals surface area contributed by atoms with Crippen LogP contribution in [0.25, 0.3) is 11.5 Å². The van der Waals surface area contributed by atoms with Gasteiger partial charge >= 0.3 is 5.97 Å². The Labute approximate surface area is 117 Å². The van der Waals surface area contributed by atoms with Gasteiger partial charge in [0.15, 0.2) is 10.9 Å². The summed E-state index contributed by atoms with van der Waals surface area (Å²) in [6.07, 6.45) is 1.42. The molecule has 0 unspecified atom stereocenters. The van der Waals surface area contributed by atoms with E-state index < -0.39 is 11.5 Å². The Balaban J connectivity index is 2.40. The lowest BCUT2D eigenvalue weighted by molar-refractivity contribution is -0.137. The molecular weight excluding hydrogens is 282 g/mol. The second-order valence-corrected chi connectivity index (χ2v) is 4.51. The van der Waals surface area contributed by atoms with Crippen molar-refractivity contribution in [1.82, 2.24) is 9.97 Å². The number of hydrogen-bond donors (Lipinski definition) is 1. The lowest BCUT2D eigenvalue weighted by atomic mass is 10.2. The molecule has 8 heteroatoms. The lowest BCUT2D eigenvalue weighted by Crippen LogP contribution is -2.15. The average Bonchev–Trinajstić information content (AvgIpc) is 2.98. The summed E-state index contributed by atoms with van der Waals surface area (Å²) in [5, 5.41) is 9.23. The second kappa shape index (κ2) is 6.08. The normalized spacial score (nSPS) is 10.0. The molecule has 0 radical (unpaired) electrons. The van der Waals surface area contributed by atoms with E-state index in [9.17, 15) is 9.59 Å². The third-order valence-electron chi connectivity index (χ3n) is 2.32. The minimum Gasteiger partial charge on any atom is -0.468 e. The summed E-state index contributed by atoms with van der Waals surface area (Å²) in [5.41, 5.74) is -0.572. The number of H-pyrrole nitrogens is 1. The van der Waals surface area contributed by atoms with E-state index in [1.807, 2.05) is 0 Å². The van der Waals surface area contributed by atoms with Crippen LogP contribution >= 0.6 is 11.8 Å². The molecule has 0 spiro atoms. The fourth-order valence-corrected chi connectivity index (χ4v) is 2.10. The standard InChI is InChI=1S/C12H9N3O4S/c1-18-9(16)6-20-12-14-10(8-3-2-4-19-8)7(5-13)11(17)15-12/h2-4H,6H2,1H3,(H,14,15,17). The first-order valence-corrected chi connectivity index (χ1v) is 6.42. The number of nitrogens with zero attached hydrogens (tertiary/aromatic N) is 2. The highest BCUT2D eigenvalue weighted by Gasteiger charge is 2.16. The van der Waals surface area contributed by atoms with E-state index in [1.165, 1.54) is 13.4 Å². The fraction of sp³-hybridized carbons (Fsp3) is 0.167. The van der Waals surface area contributed by atoms with Crippen molar-refractivity contribution in [3.63, 3.8) is 0 Å². The number of methoxy groups -OCH3 is 1. The molecule has 0 atom stereocenters. The van der Waals surface area contributed by atoms with E-state index in [2.05, 4.69) is 14.7 Å². The molecule has 2 aromatic rings. The summed E-state index contributed by atoms with van der Waals surface area (Å²) < 4.78 is 9.65. The van der Waals surface area contributed by atoms with Crippen LogP contribution in [0.15, 0.2) is 32.8 Å². The molecule has 20 heavy (non-hydrogen) atoms. The molecule has 0 aliphatic carbocycles. The van der Waals surface area contributed by atoms with Gasteiger partial charge in [-0.3, -0.25) is 9.59 Å². The van der Waals surface area contributed by atoms with E-state index in [4.69, 9.17) is 9.68 Å². The van der Waals surface area contributed by atoms with Crippen LogP contribution in [0.3, 0.4) is 0 Å². The fourth-order valence-electron chi connectivity index (χ4n) is 1.40. The molecule has 0 saturated carbocycles. The van der Waals surface area contributed by atoms with E-state index in [1.54, 1.807) is 18.2 Å². The molecule has 0 bridgehead atoms. The summed E-state index contributed by atoms with van der Waals surface area (Å²) in [6.45, 7) is 0. The maximum absolute atomic E-state index is 11.8. The molecule has 2 aromatic heterocycles. The molecule has 2 rings (SSSR count). The van der Waals surface area contributed by atoms with Crippen LogP contribution in [-0.2, 0) is 9.53 Å². The number of hydrogen-bond acceptors (Lipinski definition) is 7. The molecule has 1 N–H and O–H groups in total. The number of nitriles is 1. The first-order valence-electron chi connectivity index (χ1n) is 5.43. The quantitative estimate of drug-likeness (QED) is 0.511. The molecule has 0 aromatic carbocycles. The van der Waals surface area contributed by atoms with Gasteiger partial charge in [0, 0.05) is 0 Å². The van der Waals surface area contributed by atoms with Crippen molar-refractivity contribution in [2.24, 2.45) is 0 Å². The number of esters is 1. The molecule has 0 saturated heterocycles. The Hall–Kier alpha value is -2.53. The topological polar surface area (TPSA) is 109 Å². The zero-order chi connectivity index (χ0) is 14.5. The summed E-state index contributed by atoms with van der Waals surface area (Å²) in [6, 6.07) is 5.01. The van der Waals surface area contributed by atoms with Crippen LogP contribution in [0.4, 0.5) is 0 Å². The maximum Gasteiger partial charge on any atom is 0.316 e. The third kappa shape index (κ3) is 2.89.